The van der Waals surface area contributed by atoms with Crippen LogP contribution in [0.3, 0.4) is 0 Å². The van der Waals surface area contributed by atoms with Crippen LogP contribution >= 0.6 is 0 Å². The van der Waals surface area contributed by atoms with Crippen LogP contribution in [0.5, 0.6) is 0 Å². The van der Waals surface area contributed by atoms with Crippen LogP contribution in [0.4, 0.5) is 5.69 Å². The molecule has 0 radical (unpaired) electrons. The number of carbonyl (C=O) groups excluding carboxylic acids is 1. The van der Waals surface area contributed by atoms with E-state index < -0.39 is 11.9 Å². The molecule has 126 valence electrons. The average Bonchev–Trinajstić information content (AvgIpc) is 2.55. The number of carboxylic acid groups (broad SMARTS) is 1. The number of amides is 1. The minimum absolute atomic E-state index is 0.0446. The Morgan fingerprint density at radius 1 is 1.29 bits per heavy atom. The van der Waals surface area contributed by atoms with Gasteiger partial charge >= 0.3 is 5.97 Å². The maximum absolute atomic E-state index is 12.2. The fourth-order valence-corrected chi connectivity index (χ4v) is 2.03. The van der Waals surface area contributed by atoms with Gasteiger partial charge in [-0.1, -0.05) is 6.07 Å². The van der Waals surface area contributed by atoms with Gasteiger partial charge in [0, 0.05) is 18.9 Å². The van der Waals surface area contributed by atoms with Crippen LogP contribution in [0.2, 0.25) is 0 Å². The Morgan fingerprint density at radius 3 is 2.71 bits per heavy atom. The van der Waals surface area contributed by atoms with Crippen molar-refractivity contribution in [3.05, 3.63) is 57.5 Å². The van der Waals surface area contributed by atoms with Gasteiger partial charge in [-0.2, -0.15) is 5.10 Å². The Kier molecular flexibility index (Phi) is 5.43. The van der Waals surface area contributed by atoms with E-state index in [1.807, 2.05) is 0 Å². The second-order valence-corrected chi connectivity index (χ2v) is 5.06. The highest BCUT2D eigenvalue weighted by Gasteiger charge is 2.13. The largest absolute Gasteiger partial charge is 0.478 e. The van der Waals surface area contributed by atoms with Crippen molar-refractivity contribution in [1.29, 1.82) is 0 Å². The number of nitrogens with zero attached hydrogens (tertiary/aromatic N) is 2. The molecule has 0 fully saturated rings. The molecule has 0 saturated carbocycles. The summed E-state index contributed by atoms with van der Waals surface area (Å²) in [4.78, 5) is 35.1. The van der Waals surface area contributed by atoms with Crippen LogP contribution in [0.15, 0.2) is 35.1 Å². The van der Waals surface area contributed by atoms with Crippen molar-refractivity contribution in [2.45, 2.75) is 13.5 Å². The van der Waals surface area contributed by atoms with Crippen LogP contribution in [-0.4, -0.2) is 40.5 Å². The Hall–Kier alpha value is -3.00. The van der Waals surface area contributed by atoms with Gasteiger partial charge < -0.3 is 15.2 Å². The quantitative estimate of drug-likeness (QED) is 0.821. The van der Waals surface area contributed by atoms with Crippen LogP contribution < -0.4 is 10.9 Å². The highest BCUT2D eigenvalue weighted by Crippen LogP contribution is 2.16. The molecule has 2 N–H and O–H groups in total. The number of rotatable bonds is 6. The van der Waals surface area contributed by atoms with Crippen molar-refractivity contribution in [3.8, 4) is 0 Å². The molecule has 0 unspecified atom stereocenters. The van der Waals surface area contributed by atoms with E-state index in [0.717, 1.165) is 4.68 Å². The lowest BCUT2D eigenvalue weighted by atomic mass is 10.1. The SMILES string of the molecule is COCCn1nc(C(=O)Nc2ccc(C)c(C(=O)O)c2)ccc1=O. The summed E-state index contributed by atoms with van der Waals surface area (Å²) < 4.78 is 6.02. The van der Waals surface area contributed by atoms with Gasteiger partial charge in [-0.25, -0.2) is 9.48 Å². The zero-order valence-electron chi connectivity index (χ0n) is 13.3. The molecular formula is C16H17N3O5. The summed E-state index contributed by atoms with van der Waals surface area (Å²) in [6, 6.07) is 7.13. The fraction of sp³-hybridized carbons (Fsp3) is 0.250. The van der Waals surface area contributed by atoms with Gasteiger partial charge in [0.2, 0.25) is 0 Å². The number of carboxylic acids is 1. The molecule has 1 amide bonds. The van der Waals surface area contributed by atoms with Gasteiger partial charge in [-0.3, -0.25) is 9.59 Å². The number of methoxy groups -OCH3 is 1. The predicted molar refractivity (Wildman–Crippen MR) is 86.5 cm³/mol. The molecule has 2 rings (SSSR count). The number of carbonyl (C=O) groups is 2. The highest BCUT2D eigenvalue weighted by atomic mass is 16.5. The number of hydrogen-bond acceptors (Lipinski definition) is 5. The molecular weight excluding hydrogens is 314 g/mol. The van der Waals surface area contributed by atoms with Crippen LogP contribution in [0.1, 0.15) is 26.4 Å². The summed E-state index contributed by atoms with van der Waals surface area (Å²) in [5.41, 5.74) is 0.729. The van der Waals surface area contributed by atoms with Gasteiger partial charge in [0.15, 0.2) is 0 Å². The minimum atomic E-state index is -1.07. The zero-order valence-corrected chi connectivity index (χ0v) is 13.3. The first-order valence-electron chi connectivity index (χ1n) is 7.15. The number of nitrogens with one attached hydrogen (secondary N) is 1. The first-order valence-corrected chi connectivity index (χ1v) is 7.15. The van der Waals surface area contributed by atoms with Crippen LogP contribution in [-0.2, 0) is 11.3 Å². The van der Waals surface area contributed by atoms with E-state index in [1.165, 1.54) is 25.3 Å². The smallest absolute Gasteiger partial charge is 0.336 e. The number of aromatic carboxylic acids is 1. The van der Waals surface area contributed by atoms with E-state index in [4.69, 9.17) is 9.84 Å². The Labute approximate surface area is 137 Å². The number of aromatic nitrogens is 2. The van der Waals surface area contributed by atoms with E-state index in [1.54, 1.807) is 19.1 Å². The standard InChI is InChI=1S/C16H17N3O5/c1-10-3-4-11(9-12(10)16(22)23)17-15(21)13-5-6-14(20)19(18-13)7-8-24-2/h3-6,9H,7-8H2,1-2H3,(H,17,21)(H,22,23). The van der Waals surface area contributed by atoms with Crippen molar-refractivity contribution in [2.75, 3.05) is 19.0 Å². The predicted octanol–water partition coefficient (Wildman–Crippen LogP) is 1.15. The number of ether oxygens (including phenoxy) is 1. The summed E-state index contributed by atoms with van der Waals surface area (Å²) in [5.74, 6) is -1.61. The van der Waals surface area contributed by atoms with E-state index in [0.29, 0.717) is 11.3 Å². The van der Waals surface area contributed by atoms with Crippen molar-refractivity contribution >= 4 is 17.6 Å². The van der Waals surface area contributed by atoms with Crippen molar-refractivity contribution in [1.82, 2.24) is 9.78 Å². The second kappa shape index (κ2) is 7.51. The van der Waals surface area contributed by atoms with E-state index in [2.05, 4.69) is 10.4 Å². The molecule has 1 aromatic carbocycles. The summed E-state index contributed by atoms with van der Waals surface area (Å²) in [6.07, 6.45) is 0. The lowest BCUT2D eigenvalue weighted by Crippen LogP contribution is -2.27. The van der Waals surface area contributed by atoms with Gasteiger partial charge in [0.05, 0.1) is 18.7 Å². The Balaban J connectivity index is 2.22. The van der Waals surface area contributed by atoms with E-state index >= 15 is 0 Å². The van der Waals surface area contributed by atoms with Crippen LogP contribution in [0.25, 0.3) is 0 Å². The molecule has 8 nitrogen and oxygen atoms in total. The van der Waals surface area contributed by atoms with Gasteiger partial charge in [0.1, 0.15) is 5.69 Å². The number of hydrogen-bond donors (Lipinski definition) is 2. The summed E-state index contributed by atoms with van der Waals surface area (Å²) in [7, 11) is 1.50. The van der Waals surface area contributed by atoms with Gasteiger partial charge in [0.25, 0.3) is 11.5 Å². The fourth-order valence-electron chi connectivity index (χ4n) is 2.03. The molecule has 0 aliphatic carbocycles. The molecule has 0 saturated heterocycles. The first kappa shape index (κ1) is 17.4. The zero-order chi connectivity index (χ0) is 17.7. The Bertz CT molecular complexity index is 829. The van der Waals surface area contributed by atoms with Gasteiger partial charge in [-0.15, -0.1) is 0 Å². The van der Waals surface area contributed by atoms with E-state index in [-0.39, 0.29) is 30.0 Å². The maximum Gasteiger partial charge on any atom is 0.336 e. The third kappa shape index (κ3) is 4.05. The highest BCUT2D eigenvalue weighted by molar-refractivity contribution is 6.03. The Morgan fingerprint density at radius 2 is 2.04 bits per heavy atom. The van der Waals surface area contributed by atoms with Crippen LogP contribution in [0, 0.1) is 6.92 Å². The molecule has 24 heavy (non-hydrogen) atoms. The third-order valence-electron chi connectivity index (χ3n) is 3.33. The van der Waals surface area contributed by atoms with Gasteiger partial charge in [-0.05, 0) is 30.7 Å². The molecule has 0 atom stereocenters. The lowest BCUT2D eigenvalue weighted by Gasteiger charge is -2.09. The number of benzene rings is 1. The van der Waals surface area contributed by atoms with E-state index in [9.17, 15) is 14.4 Å². The van der Waals surface area contributed by atoms with Crippen molar-refractivity contribution in [3.63, 3.8) is 0 Å². The molecule has 1 aromatic heterocycles. The van der Waals surface area contributed by atoms with Crippen molar-refractivity contribution < 1.29 is 19.4 Å². The monoisotopic (exact) mass is 331 g/mol. The molecule has 0 spiro atoms. The lowest BCUT2D eigenvalue weighted by molar-refractivity contribution is 0.0695. The summed E-state index contributed by atoms with van der Waals surface area (Å²) >= 11 is 0. The molecule has 0 bridgehead atoms. The molecule has 0 aliphatic heterocycles. The normalized spacial score (nSPS) is 10.4. The summed E-state index contributed by atoms with van der Waals surface area (Å²) in [5, 5.41) is 15.7. The minimum Gasteiger partial charge on any atom is -0.478 e. The topological polar surface area (TPSA) is 111 Å². The number of aryl methyl sites for hydroxylation is 1. The molecule has 2 aromatic rings. The third-order valence-corrected chi connectivity index (χ3v) is 3.33. The first-order chi connectivity index (χ1) is 11.4. The van der Waals surface area contributed by atoms with Crippen molar-refractivity contribution in [2.24, 2.45) is 0 Å². The molecule has 1 heterocycles. The molecule has 8 heteroatoms. The number of anilines is 1. The molecule has 0 aliphatic rings. The average molecular weight is 331 g/mol. The summed E-state index contributed by atoms with van der Waals surface area (Å²) in [6.45, 7) is 2.18. The second-order valence-electron chi connectivity index (χ2n) is 5.06. The maximum atomic E-state index is 12.2.